The molecule has 0 heteroatoms. The highest BCUT2D eigenvalue weighted by Crippen LogP contribution is 2.36. The molecule has 0 saturated carbocycles. The molecule has 0 aliphatic heterocycles. The van der Waals surface area contributed by atoms with Crippen molar-refractivity contribution in [2.24, 2.45) is 0 Å². The van der Waals surface area contributed by atoms with Gasteiger partial charge in [0.05, 0.1) is 0 Å². The van der Waals surface area contributed by atoms with Gasteiger partial charge >= 0.3 is 0 Å². The van der Waals surface area contributed by atoms with Crippen molar-refractivity contribution in [2.45, 2.75) is 64.7 Å². The minimum Gasteiger partial charge on any atom is -0.0654 e. The Morgan fingerprint density at radius 3 is 2.00 bits per heavy atom. The van der Waals surface area contributed by atoms with Crippen LogP contribution in [0.15, 0.2) is 24.3 Å². The Balaban J connectivity index is 2.92. The molecule has 1 aromatic rings. The van der Waals surface area contributed by atoms with Crippen LogP contribution in [0.3, 0.4) is 0 Å². The monoisotopic (exact) mass is 231 g/mol. The quantitative estimate of drug-likeness (QED) is 0.580. The maximum absolute atomic E-state index is 4.20. The van der Waals surface area contributed by atoms with Gasteiger partial charge in [-0.3, -0.25) is 0 Å². The van der Waals surface area contributed by atoms with Gasteiger partial charge in [0.2, 0.25) is 0 Å². The lowest BCUT2D eigenvalue weighted by Crippen LogP contribution is -2.23. The fraction of sp³-hybridized carbons (Fsp3) is 0.588. The summed E-state index contributed by atoms with van der Waals surface area (Å²) in [6.45, 7) is 11.2. The van der Waals surface area contributed by atoms with Gasteiger partial charge in [-0.1, -0.05) is 70.7 Å². The van der Waals surface area contributed by atoms with Crippen molar-refractivity contribution in [1.29, 1.82) is 0 Å². The van der Waals surface area contributed by atoms with Crippen molar-refractivity contribution in [1.82, 2.24) is 0 Å². The fourth-order valence-electron chi connectivity index (χ4n) is 2.64. The van der Waals surface area contributed by atoms with Crippen LogP contribution in [-0.2, 0) is 5.41 Å². The molecule has 0 aliphatic rings. The standard InChI is InChI=1S/C17H27/c1-5-7-13-17(4,14-8-6-2)16-12-10-9-11-15(16)3/h9-12H,3,5-8,13-14H2,1-2,4H3. The van der Waals surface area contributed by atoms with Crippen molar-refractivity contribution in [3.63, 3.8) is 0 Å². The Labute approximate surface area is 107 Å². The van der Waals surface area contributed by atoms with E-state index in [2.05, 4.69) is 52.0 Å². The summed E-state index contributed by atoms with van der Waals surface area (Å²) in [5, 5.41) is 0. The van der Waals surface area contributed by atoms with Crippen LogP contribution in [-0.4, -0.2) is 0 Å². The summed E-state index contributed by atoms with van der Waals surface area (Å²) in [7, 11) is 0. The second kappa shape index (κ2) is 6.83. The van der Waals surface area contributed by atoms with E-state index in [4.69, 9.17) is 0 Å². The van der Waals surface area contributed by atoms with Crippen LogP contribution in [0, 0.1) is 6.92 Å². The summed E-state index contributed by atoms with van der Waals surface area (Å²) < 4.78 is 0. The van der Waals surface area contributed by atoms with Crippen LogP contribution in [0.25, 0.3) is 0 Å². The first-order chi connectivity index (χ1) is 8.14. The molecule has 0 spiro atoms. The van der Waals surface area contributed by atoms with Gasteiger partial charge < -0.3 is 0 Å². The van der Waals surface area contributed by atoms with E-state index in [0.29, 0.717) is 5.41 Å². The average molecular weight is 231 g/mol. The van der Waals surface area contributed by atoms with E-state index in [-0.39, 0.29) is 0 Å². The zero-order valence-electron chi connectivity index (χ0n) is 11.8. The third kappa shape index (κ3) is 3.87. The number of hydrogen-bond donors (Lipinski definition) is 0. The second-order valence-electron chi connectivity index (χ2n) is 5.42. The van der Waals surface area contributed by atoms with Gasteiger partial charge in [-0.05, 0) is 36.3 Å². The minimum absolute atomic E-state index is 0.324. The third-order valence-electron chi connectivity index (χ3n) is 3.83. The Morgan fingerprint density at radius 1 is 1.00 bits per heavy atom. The molecule has 0 bridgehead atoms. The summed E-state index contributed by atoms with van der Waals surface area (Å²) in [5.74, 6) is 0. The third-order valence-corrected chi connectivity index (χ3v) is 3.83. The summed E-state index contributed by atoms with van der Waals surface area (Å²) in [6.07, 6.45) is 7.76. The van der Waals surface area contributed by atoms with Crippen LogP contribution in [0.5, 0.6) is 0 Å². The zero-order chi connectivity index (χ0) is 12.7. The normalized spacial score (nSPS) is 11.8. The fourth-order valence-corrected chi connectivity index (χ4v) is 2.64. The maximum atomic E-state index is 4.20. The van der Waals surface area contributed by atoms with Gasteiger partial charge in [-0.15, -0.1) is 0 Å². The first-order valence-corrected chi connectivity index (χ1v) is 7.05. The van der Waals surface area contributed by atoms with Crippen LogP contribution in [0.4, 0.5) is 0 Å². The molecule has 0 fully saturated rings. The van der Waals surface area contributed by atoms with E-state index in [1.807, 2.05) is 0 Å². The highest BCUT2D eigenvalue weighted by atomic mass is 14.3. The Kier molecular flexibility index (Phi) is 5.74. The molecular formula is C17H27. The lowest BCUT2D eigenvalue weighted by atomic mass is 9.73. The Bertz CT molecular complexity index is 317. The molecule has 1 aromatic carbocycles. The molecule has 0 heterocycles. The molecule has 0 aliphatic carbocycles. The Hall–Kier alpha value is -0.780. The van der Waals surface area contributed by atoms with Crippen LogP contribution in [0.2, 0.25) is 0 Å². The van der Waals surface area contributed by atoms with Crippen LogP contribution in [0.1, 0.15) is 70.4 Å². The van der Waals surface area contributed by atoms with E-state index in [0.717, 1.165) is 0 Å². The molecule has 0 nitrogen and oxygen atoms in total. The molecule has 0 saturated heterocycles. The van der Waals surface area contributed by atoms with Gasteiger partial charge in [-0.25, -0.2) is 0 Å². The molecule has 95 valence electrons. The van der Waals surface area contributed by atoms with E-state index in [1.165, 1.54) is 49.7 Å². The maximum Gasteiger partial charge on any atom is -0.00725 e. The van der Waals surface area contributed by atoms with E-state index in [9.17, 15) is 0 Å². The minimum atomic E-state index is 0.324. The first kappa shape index (κ1) is 14.3. The highest BCUT2D eigenvalue weighted by molar-refractivity contribution is 5.35. The van der Waals surface area contributed by atoms with Crippen molar-refractivity contribution in [3.8, 4) is 0 Å². The van der Waals surface area contributed by atoms with Gasteiger partial charge in [0, 0.05) is 0 Å². The lowest BCUT2D eigenvalue weighted by Gasteiger charge is -2.32. The highest BCUT2D eigenvalue weighted by Gasteiger charge is 2.26. The molecule has 17 heavy (non-hydrogen) atoms. The predicted octanol–water partition coefficient (Wildman–Crippen LogP) is 5.51. The molecule has 0 amide bonds. The van der Waals surface area contributed by atoms with Crippen molar-refractivity contribution in [3.05, 3.63) is 42.3 Å². The molecular weight excluding hydrogens is 204 g/mol. The second-order valence-corrected chi connectivity index (χ2v) is 5.42. The van der Waals surface area contributed by atoms with E-state index < -0.39 is 0 Å². The summed E-state index contributed by atoms with van der Waals surface area (Å²) in [5.41, 5.74) is 2.99. The molecule has 0 N–H and O–H groups in total. The molecule has 0 atom stereocenters. The first-order valence-electron chi connectivity index (χ1n) is 7.05. The Morgan fingerprint density at radius 2 is 1.53 bits per heavy atom. The average Bonchev–Trinajstić information content (AvgIpc) is 2.34. The van der Waals surface area contributed by atoms with Gasteiger partial charge in [0.25, 0.3) is 0 Å². The zero-order valence-corrected chi connectivity index (χ0v) is 11.8. The van der Waals surface area contributed by atoms with E-state index in [1.54, 1.807) is 0 Å². The molecule has 0 aromatic heterocycles. The van der Waals surface area contributed by atoms with Crippen LogP contribution >= 0.6 is 0 Å². The van der Waals surface area contributed by atoms with Crippen molar-refractivity contribution >= 4 is 0 Å². The van der Waals surface area contributed by atoms with Crippen molar-refractivity contribution < 1.29 is 0 Å². The number of unbranched alkanes of at least 4 members (excludes halogenated alkanes) is 2. The molecule has 1 radical (unpaired) electrons. The van der Waals surface area contributed by atoms with Gasteiger partial charge in [0.1, 0.15) is 0 Å². The SMILES string of the molecule is [CH2]c1ccccc1C(C)(CCCC)CCCC. The lowest BCUT2D eigenvalue weighted by molar-refractivity contribution is 0.373. The smallest absolute Gasteiger partial charge is 0.00725 e. The summed E-state index contributed by atoms with van der Waals surface area (Å²) in [6, 6.07) is 8.66. The number of benzene rings is 1. The molecule has 1 rings (SSSR count). The largest absolute Gasteiger partial charge is 0.0654 e. The van der Waals surface area contributed by atoms with Crippen molar-refractivity contribution in [2.75, 3.05) is 0 Å². The predicted molar refractivity (Wildman–Crippen MR) is 77.3 cm³/mol. The van der Waals surface area contributed by atoms with Crippen LogP contribution < -0.4 is 0 Å². The summed E-state index contributed by atoms with van der Waals surface area (Å²) >= 11 is 0. The number of hydrogen-bond acceptors (Lipinski definition) is 0. The molecule has 0 unspecified atom stereocenters. The summed E-state index contributed by atoms with van der Waals surface area (Å²) in [4.78, 5) is 0. The van der Waals surface area contributed by atoms with Gasteiger partial charge in [0.15, 0.2) is 0 Å². The van der Waals surface area contributed by atoms with Gasteiger partial charge in [-0.2, -0.15) is 0 Å². The number of rotatable bonds is 7. The van der Waals surface area contributed by atoms with E-state index >= 15 is 0 Å². The topological polar surface area (TPSA) is 0 Å².